The number of hydrogen-bond donors (Lipinski definition) is 1. The highest BCUT2D eigenvalue weighted by Gasteiger charge is 2.17. The summed E-state index contributed by atoms with van der Waals surface area (Å²) in [5.41, 5.74) is 2.02. The number of nitrogens with zero attached hydrogens (tertiary/aromatic N) is 4. The molecule has 7 heteroatoms. The number of rotatable bonds is 2. The predicted molar refractivity (Wildman–Crippen MR) is 67.7 cm³/mol. The van der Waals surface area contributed by atoms with Crippen molar-refractivity contribution in [3.8, 4) is 0 Å². The van der Waals surface area contributed by atoms with Crippen molar-refractivity contribution >= 4 is 23.3 Å². The number of anilines is 1. The third-order valence-electron chi connectivity index (χ3n) is 2.61. The SMILES string of the molecule is Cc1nn(C)c(C)c1C(=O)Nc1cc(Cl)ncn1. The first-order valence-electron chi connectivity index (χ1n) is 5.28. The monoisotopic (exact) mass is 265 g/mol. The fourth-order valence-electron chi connectivity index (χ4n) is 1.68. The first-order chi connectivity index (χ1) is 8.49. The van der Waals surface area contributed by atoms with Crippen molar-refractivity contribution in [1.29, 1.82) is 0 Å². The maximum Gasteiger partial charge on any atom is 0.260 e. The highest BCUT2D eigenvalue weighted by molar-refractivity contribution is 6.29. The van der Waals surface area contributed by atoms with Crippen LogP contribution in [-0.2, 0) is 7.05 Å². The number of carbonyl (C=O) groups excluding carboxylic acids is 1. The minimum absolute atomic E-state index is 0.257. The predicted octanol–water partition coefficient (Wildman–Crippen LogP) is 1.73. The summed E-state index contributed by atoms with van der Waals surface area (Å²) < 4.78 is 1.66. The van der Waals surface area contributed by atoms with Crippen LogP contribution in [0, 0.1) is 13.8 Å². The molecular weight excluding hydrogens is 254 g/mol. The van der Waals surface area contributed by atoms with E-state index in [0.717, 1.165) is 5.69 Å². The third-order valence-corrected chi connectivity index (χ3v) is 2.82. The van der Waals surface area contributed by atoms with Gasteiger partial charge in [-0.1, -0.05) is 11.6 Å². The Kier molecular flexibility index (Phi) is 3.29. The third kappa shape index (κ3) is 2.33. The van der Waals surface area contributed by atoms with Crippen LogP contribution in [-0.4, -0.2) is 25.7 Å². The van der Waals surface area contributed by atoms with Crippen LogP contribution in [0.3, 0.4) is 0 Å². The highest BCUT2D eigenvalue weighted by atomic mass is 35.5. The molecule has 2 rings (SSSR count). The van der Waals surface area contributed by atoms with Crippen molar-refractivity contribution in [1.82, 2.24) is 19.7 Å². The van der Waals surface area contributed by atoms with E-state index >= 15 is 0 Å². The van der Waals surface area contributed by atoms with E-state index in [0.29, 0.717) is 17.1 Å². The zero-order chi connectivity index (χ0) is 13.3. The molecule has 0 aromatic carbocycles. The zero-order valence-corrected chi connectivity index (χ0v) is 11.0. The van der Waals surface area contributed by atoms with Crippen LogP contribution < -0.4 is 5.32 Å². The average molecular weight is 266 g/mol. The first-order valence-corrected chi connectivity index (χ1v) is 5.66. The number of nitrogens with one attached hydrogen (secondary N) is 1. The Morgan fingerprint density at radius 2 is 2.11 bits per heavy atom. The lowest BCUT2D eigenvalue weighted by Crippen LogP contribution is -2.15. The lowest BCUT2D eigenvalue weighted by atomic mass is 10.2. The van der Waals surface area contributed by atoms with Crippen LogP contribution in [0.1, 0.15) is 21.7 Å². The summed E-state index contributed by atoms with van der Waals surface area (Å²) in [5, 5.41) is 7.13. The Morgan fingerprint density at radius 1 is 1.39 bits per heavy atom. The lowest BCUT2D eigenvalue weighted by molar-refractivity contribution is 0.102. The van der Waals surface area contributed by atoms with E-state index in [2.05, 4.69) is 20.4 Å². The molecule has 0 saturated heterocycles. The second kappa shape index (κ2) is 4.73. The quantitative estimate of drug-likeness (QED) is 0.840. The molecule has 6 nitrogen and oxygen atoms in total. The molecule has 0 fully saturated rings. The molecule has 18 heavy (non-hydrogen) atoms. The van der Waals surface area contributed by atoms with Gasteiger partial charge in [-0.25, -0.2) is 9.97 Å². The van der Waals surface area contributed by atoms with Gasteiger partial charge in [0, 0.05) is 18.8 Å². The van der Waals surface area contributed by atoms with Gasteiger partial charge in [0.05, 0.1) is 11.3 Å². The number of aromatic nitrogens is 4. The van der Waals surface area contributed by atoms with Crippen LogP contribution in [0.2, 0.25) is 5.15 Å². The zero-order valence-electron chi connectivity index (χ0n) is 10.2. The summed E-state index contributed by atoms with van der Waals surface area (Å²) in [5.74, 6) is 0.107. The molecule has 0 atom stereocenters. The van der Waals surface area contributed by atoms with Gasteiger partial charge in [-0.2, -0.15) is 5.10 Å². The van der Waals surface area contributed by atoms with Gasteiger partial charge >= 0.3 is 0 Å². The van der Waals surface area contributed by atoms with E-state index in [1.54, 1.807) is 18.7 Å². The molecule has 1 N–H and O–H groups in total. The molecule has 0 aliphatic carbocycles. The van der Waals surface area contributed by atoms with Crippen LogP contribution in [0.4, 0.5) is 5.82 Å². The number of hydrogen-bond acceptors (Lipinski definition) is 4. The molecule has 94 valence electrons. The van der Waals surface area contributed by atoms with E-state index in [-0.39, 0.29) is 11.1 Å². The molecule has 1 amide bonds. The smallest absolute Gasteiger partial charge is 0.260 e. The minimum Gasteiger partial charge on any atom is -0.306 e. The van der Waals surface area contributed by atoms with Gasteiger partial charge in [-0.05, 0) is 13.8 Å². The van der Waals surface area contributed by atoms with Gasteiger partial charge in [0.2, 0.25) is 0 Å². The Morgan fingerprint density at radius 3 is 2.67 bits per heavy atom. The van der Waals surface area contributed by atoms with E-state index in [9.17, 15) is 4.79 Å². The molecule has 0 aliphatic heterocycles. The second-order valence-electron chi connectivity index (χ2n) is 3.85. The second-order valence-corrected chi connectivity index (χ2v) is 4.24. The van der Waals surface area contributed by atoms with Crippen LogP contribution in [0.15, 0.2) is 12.4 Å². The van der Waals surface area contributed by atoms with Crippen LogP contribution in [0.25, 0.3) is 0 Å². The maximum atomic E-state index is 12.1. The maximum absolute atomic E-state index is 12.1. The van der Waals surface area contributed by atoms with Gasteiger partial charge < -0.3 is 5.32 Å². The normalized spacial score (nSPS) is 10.4. The molecule has 0 aliphatic rings. The molecule has 0 spiro atoms. The summed E-state index contributed by atoms with van der Waals surface area (Å²) in [6.07, 6.45) is 1.29. The minimum atomic E-state index is -0.257. The van der Waals surface area contributed by atoms with Crippen molar-refractivity contribution in [3.05, 3.63) is 34.5 Å². The number of amides is 1. The Labute approximate surface area is 109 Å². The standard InChI is InChI=1S/C11H12ClN5O/c1-6-10(7(2)17(3)16-6)11(18)15-9-4-8(12)13-5-14-9/h4-5H,1-3H3,(H,13,14,15,18). The van der Waals surface area contributed by atoms with Crippen LogP contribution in [0.5, 0.6) is 0 Å². The van der Waals surface area contributed by atoms with Crippen molar-refractivity contribution < 1.29 is 4.79 Å². The van der Waals surface area contributed by atoms with E-state index < -0.39 is 0 Å². The van der Waals surface area contributed by atoms with Crippen molar-refractivity contribution in [2.24, 2.45) is 7.05 Å². The van der Waals surface area contributed by atoms with E-state index in [1.165, 1.54) is 12.4 Å². The van der Waals surface area contributed by atoms with Gasteiger partial charge in [-0.15, -0.1) is 0 Å². The summed E-state index contributed by atoms with van der Waals surface area (Å²) in [7, 11) is 1.79. The van der Waals surface area contributed by atoms with Gasteiger partial charge in [0.1, 0.15) is 17.3 Å². The van der Waals surface area contributed by atoms with Crippen molar-refractivity contribution in [2.45, 2.75) is 13.8 Å². The highest BCUT2D eigenvalue weighted by Crippen LogP contribution is 2.15. The molecule has 0 radical (unpaired) electrons. The molecule has 2 aromatic rings. The van der Waals surface area contributed by atoms with E-state index in [1.807, 2.05) is 6.92 Å². The van der Waals surface area contributed by atoms with Crippen molar-refractivity contribution in [3.63, 3.8) is 0 Å². The summed E-state index contributed by atoms with van der Waals surface area (Å²) in [4.78, 5) is 19.8. The fourth-order valence-corrected chi connectivity index (χ4v) is 1.83. The summed E-state index contributed by atoms with van der Waals surface area (Å²) >= 11 is 5.72. The number of aryl methyl sites for hydroxylation is 2. The Balaban J connectivity index is 2.27. The molecule has 0 unspecified atom stereocenters. The van der Waals surface area contributed by atoms with Gasteiger partial charge in [0.25, 0.3) is 5.91 Å². The van der Waals surface area contributed by atoms with Crippen molar-refractivity contribution in [2.75, 3.05) is 5.32 Å². The molecular formula is C11H12ClN5O. The van der Waals surface area contributed by atoms with Gasteiger partial charge in [-0.3, -0.25) is 9.48 Å². The topological polar surface area (TPSA) is 72.7 Å². The molecule has 2 aromatic heterocycles. The molecule has 2 heterocycles. The number of halogens is 1. The largest absolute Gasteiger partial charge is 0.306 e. The number of carbonyl (C=O) groups is 1. The summed E-state index contributed by atoms with van der Waals surface area (Å²) in [6.45, 7) is 3.62. The average Bonchev–Trinajstić information content (AvgIpc) is 2.53. The van der Waals surface area contributed by atoms with E-state index in [4.69, 9.17) is 11.6 Å². The fraction of sp³-hybridized carbons (Fsp3) is 0.273. The first kappa shape index (κ1) is 12.5. The Bertz CT molecular complexity index is 607. The Hall–Kier alpha value is -1.95. The summed E-state index contributed by atoms with van der Waals surface area (Å²) in [6, 6.07) is 1.49. The van der Waals surface area contributed by atoms with Crippen LogP contribution >= 0.6 is 11.6 Å². The lowest BCUT2D eigenvalue weighted by Gasteiger charge is -2.04. The van der Waals surface area contributed by atoms with Gasteiger partial charge in [0.15, 0.2) is 0 Å². The molecule has 0 saturated carbocycles. The molecule has 0 bridgehead atoms.